The van der Waals surface area contributed by atoms with E-state index < -0.39 is 0 Å². The van der Waals surface area contributed by atoms with Crippen molar-refractivity contribution in [3.8, 4) is 0 Å². The standard InChI is InChI=1S/C18H28N2O/c1-2-18(15-21)9-12-19(13-10-18)17-8-11-20(14-17)16-6-4-3-5-7-16/h3-7,17,21H,2,8-15H2,1H3/t17-/m1/s1. The highest BCUT2D eigenvalue weighted by molar-refractivity contribution is 5.47. The number of anilines is 1. The van der Waals surface area contributed by atoms with Crippen molar-refractivity contribution < 1.29 is 5.11 Å². The molecule has 0 amide bonds. The van der Waals surface area contributed by atoms with Crippen LogP contribution in [0.2, 0.25) is 0 Å². The number of aliphatic hydroxyl groups is 1. The van der Waals surface area contributed by atoms with Gasteiger partial charge >= 0.3 is 0 Å². The molecule has 1 aromatic carbocycles. The summed E-state index contributed by atoms with van der Waals surface area (Å²) in [6, 6.07) is 11.5. The molecular weight excluding hydrogens is 260 g/mol. The van der Waals surface area contributed by atoms with E-state index in [0.717, 1.165) is 38.9 Å². The summed E-state index contributed by atoms with van der Waals surface area (Å²) in [7, 11) is 0. The Morgan fingerprint density at radius 3 is 2.48 bits per heavy atom. The quantitative estimate of drug-likeness (QED) is 0.923. The molecular formula is C18H28N2O. The van der Waals surface area contributed by atoms with Crippen molar-refractivity contribution >= 4 is 5.69 Å². The highest BCUT2D eigenvalue weighted by Crippen LogP contribution is 2.36. The van der Waals surface area contributed by atoms with Crippen molar-refractivity contribution in [2.45, 2.75) is 38.6 Å². The Bertz CT molecular complexity index is 434. The summed E-state index contributed by atoms with van der Waals surface area (Å²) in [5.74, 6) is 0. The molecule has 0 saturated carbocycles. The third kappa shape index (κ3) is 3.09. The van der Waals surface area contributed by atoms with Crippen LogP contribution in [0.5, 0.6) is 0 Å². The number of hydrogen-bond acceptors (Lipinski definition) is 3. The summed E-state index contributed by atoms with van der Waals surface area (Å²) in [4.78, 5) is 5.17. The molecule has 1 N–H and O–H groups in total. The van der Waals surface area contributed by atoms with E-state index in [1.54, 1.807) is 0 Å². The van der Waals surface area contributed by atoms with Gasteiger partial charge in [0.1, 0.15) is 0 Å². The van der Waals surface area contributed by atoms with Crippen LogP contribution in [-0.2, 0) is 0 Å². The van der Waals surface area contributed by atoms with Gasteiger partial charge in [-0.05, 0) is 56.3 Å². The lowest BCUT2D eigenvalue weighted by atomic mass is 9.76. The zero-order valence-corrected chi connectivity index (χ0v) is 13.2. The Labute approximate surface area is 128 Å². The normalized spacial score (nSPS) is 26.2. The van der Waals surface area contributed by atoms with Crippen LogP contribution in [0.15, 0.2) is 30.3 Å². The number of likely N-dealkylation sites (tertiary alicyclic amines) is 1. The van der Waals surface area contributed by atoms with E-state index in [0.29, 0.717) is 12.6 Å². The van der Waals surface area contributed by atoms with E-state index in [-0.39, 0.29) is 5.41 Å². The Morgan fingerprint density at radius 2 is 1.86 bits per heavy atom. The summed E-state index contributed by atoms with van der Waals surface area (Å²) in [5, 5.41) is 9.66. The van der Waals surface area contributed by atoms with Gasteiger partial charge in [0.15, 0.2) is 0 Å². The van der Waals surface area contributed by atoms with Crippen LogP contribution in [0.4, 0.5) is 5.69 Å². The van der Waals surface area contributed by atoms with Gasteiger partial charge < -0.3 is 10.0 Å². The van der Waals surface area contributed by atoms with Crippen molar-refractivity contribution in [3.63, 3.8) is 0 Å². The zero-order chi connectivity index (χ0) is 14.7. The summed E-state index contributed by atoms with van der Waals surface area (Å²) >= 11 is 0. The molecule has 0 radical (unpaired) electrons. The molecule has 3 rings (SSSR count). The monoisotopic (exact) mass is 288 g/mol. The number of aliphatic hydroxyl groups excluding tert-OH is 1. The molecule has 2 heterocycles. The molecule has 2 aliphatic rings. The van der Waals surface area contributed by atoms with Gasteiger partial charge in [-0.25, -0.2) is 0 Å². The second-order valence-corrected chi connectivity index (χ2v) is 6.77. The molecule has 1 aromatic rings. The number of hydrogen-bond donors (Lipinski definition) is 1. The fourth-order valence-electron chi connectivity index (χ4n) is 3.90. The topological polar surface area (TPSA) is 26.7 Å². The predicted molar refractivity (Wildman–Crippen MR) is 87.7 cm³/mol. The highest BCUT2D eigenvalue weighted by Gasteiger charge is 2.36. The first-order chi connectivity index (χ1) is 10.3. The SMILES string of the molecule is CCC1(CO)CCN([C@@H]2CCN(c3ccccc3)C2)CC1. The van der Waals surface area contributed by atoms with Gasteiger partial charge in [-0.1, -0.05) is 25.1 Å². The molecule has 116 valence electrons. The summed E-state index contributed by atoms with van der Waals surface area (Å²) in [6.07, 6.45) is 4.69. The van der Waals surface area contributed by atoms with Crippen molar-refractivity contribution in [1.82, 2.24) is 4.90 Å². The largest absolute Gasteiger partial charge is 0.396 e. The van der Waals surface area contributed by atoms with Crippen LogP contribution in [-0.4, -0.2) is 48.8 Å². The average molecular weight is 288 g/mol. The van der Waals surface area contributed by atoms with Crippen molar-refractivity contribution in [3.05, 3.63) is 30.3 Å². The Hall–Kier alpha value is -1.06. The molecule has 2 fully saturated rings. The Kier molecular flexibility index (Phi) is 4.51. The first-order valence-electron chi connectivity index (χ1n) is 8.41. The van der Waals surface area contributed by atoms with Crippen molar-refractivity contribution in [2.24, 2.45) is 5.41 Å². The molecule has 2 saturated heterocycles. The summed E-state index contributed by atoms with van der Waals surface area (Å²) in [5.41, 5.74) is 1.56. The summed E-state index contributed by atoms with van der Waals surface area (Å²) in [6.45, 7) is 7.21. The summed E-state index contributed by atoms with van der Waals surface area (Å²) < 4.78 is 0. The van der Waals surface area contributed by atoms with Crippen LogP contribution in [0.25, 0.3) is 0 Å². The van der Waals surface area contributed by atoms with E-state index in [1.165, 1.54) is 18.7 Å². The maximum Gasteiger partial charge on any atom is 0.0488 e. The van der Waals surface area contributed by atoms with Gasteiger partial charge in [0.25, 0.3) is 0 Å². The number of rotatable bonds is 4. The minimum Gasteiger partial charge on any atom is -0.396 e. The maximum atomic E-state index is 9.66. The van der Waals surface area contributed by atoms with Gasteiger partial charge in [-0.15, -0.1) is 0 Å². The molecule has 0 spiro atoms. The molecule has 2 aliphatic heterocycles. The molecule has 21 heavy (non-hydrogen) atoms. The molecule has 3 heteroatoms. The van der Waals surface area contributed by atoms with E-state index >= 15 is 0 Å². The fourth-order valence-corrected chi connectivity index (χ4v) is 3.90. The minimum atomic E-state index is 0.203. The molecule has 1 atom stereocenters. The number of benzene rings is 1. The van der Waals surface area contributed by atoms with E-state index in [2.05, 4.69) is 47.1 Å². The van der Waals surface area contributed by atoms with E-state index in [4.69, 9.17) is 0 Å². The second kappa shape index (κ2) is 6.37. The number of para-hydroxylation sites is 1. The molecule has 0 aliphatic carbocycles. The van der Waals surface area contributed by atoms with Crippen LogP contribution in [0.3, 0.4) is 0 Å². The minimum absolute atomic E-state index is 0.203. The third-order valence-electron chi connectivity index (χ3n) is 5.75. The van der Waals surface area contributed by atoms with Crippen LogP contribution in [0, 0.1) is 5.41 Å². The van der Waals surface area contributed by atoms with Crippen molar-refractivity contribution in [2.75, 3.05) is 37.7 Å². The third-order valence-corrected chi connectivity index (χ3v) is 5.75. The molecule has 0 bridgehead atoms. The molecule has 0 unspecified atom stereocenters. The molecule has 0 aromatic heterocycles. The lowest BCUT2D eigenvalue weighted by molar-refractivity contribution is 0.0279. The van der Waals surface area contributed by atoms with Gasteiger partial charge in [-0.3, -0.25) is 4.90 Å². The van der Waals surface area contributed by atoms with Crippen molar-refractivity contribution in [1.29, 1.82) is 0 Å². The fraction of sp³-hybridized carbons (Fsp3) is 0.667. The average Bonchev–Trinajstić information content (AvgIpc) is 3.06. The zero-order valence-electron chi connectivity index (χ0n) is 13.2. The molecule has 3 nitrogen and oxygen atoms in total. The van der Waals surface area contributed by atoms with Crippen LogP contribution in [0.1, 0.15) is 32.6 Å². The smallest absolute Gasteiger partial charge is 0.0488 e. The highest BCUT2D eigenvalue weighted by atomic mass is 16.3. The van der Waals surface area contributed by atoms with E-state index in [1.807, 2.05) is 0 Å². The van der Waals surface area contributed by atoms with Crippen LogP contribution < -0.4 is 4.90 Å². The van der Waals surface area contributed by atoms with Gasteiger partial charge in [0.2, 0.25) is 0 Å². The first kappa shape index (κ1) is 14.9. The van der Waals surface area contributed by atoms with Gasteiger partial charge in [0, 0.05) is 31.4 Å². The van der Waals surface area contributed by atoms with E-state index in [9.17, 15) is 5.11 Å². The Balaban J connectivity index is 1.56. The van der Waals surface area contributed by atoms with Crippen LogP contribution >= 0.6 is 0 Å². The maximum absolute atomic E-state index is 9.66. The lowest BCUT2D eigenvalue weighted by Gasteiger charge is -2.42. The number of piperidine rings is 1. The lowest BCUT2D eigenvalue weighted by Crippen LogP contribution is -2.47. The predicted octanol–water partition coefficient (Wildman–Crippen LogP) is 2.75. The van der Waals surface area contributed by atoms with Gasteiger partial charge in [-0.2, -0.15) is 0 Å². The second-order valence-electron chi connectivity index (χ2n) is 6.77. The first-order valence-corrected chi connectivity index (χ1v) is 8.41. The number of nitrogens with zero attached hydrogens (tertiary/aromatic N) is 2. The van der Waals surface area contributed by atoms with Gasteiger partial charge in [0.05, 0.1) is 0 Å². The Morgan fingerprint density at radius 1 is 1.14 bits per heavy atom.